The summed E-state index contributed by atoms with van der Waals surface area (Å²) in [4.78, 5) is 16.2. The van der Waals surface area contributed by atoms with E-state index in [1.165, 1.54) is 17.4 Å². The van der Waals surface area contributed by atoms with E-state index in [-0.39, 0.29) is 5.57 Å². The third kappa shape index (κ3) is 4.27. The summed E-state index contributed by atoms with van der Waals surface area (Å²) in [5.41, 5.74) is 1.81. The van der Waals surface area contributed by atoms with Gasteiger partial charge in [0.15, 0.2) is 0 Å². The van der Waals surface area contributed by atoms with Gasteiger partial charge >= 0.3 is 5.97 Å². The Kier molecular flexibility index (Phi) is 5.87. The molecular weight excluding hydrogens is 296 g/mol. The average Bonchev–Trinajstić information content (AvgIpc) is 3.02. The number of nitriles is 1. The number of ether oxygens (including phenoxy) is 1. The van der Waals surface area contributed by atoms with E-state index in [2.05, 4.69) is 4.98 Å². The lowest BCUT2D eigenvalue weighted by atomic mass is 10.2. The minimum Gasteiger partial charge on any atom is -0.462 e. The first-order chi connectivity index (χ1) is 10.7. The molecule has 5 heteroatoms. The molecule has 0 spiro atoms. The summed E-state index contributed by atoms with van der Waals surface area (Å²) in [6.45, 7) is 2.34. The van der Waals surface area contributed by atoms with Gasteiger partial charge in [-0.15, -0.1) is 11.3 Å². The van der Waals surface area contributed by atoms with E-state index in [1.807, 2.05) is 48.7 Å². The molecule has 1 heterocycles. The fourth-order valence-corrected chi connectivity index (χ4v) is 2.50. The zero-order valence-electron chi connectivity index (χ0n) is 12.3. The SMILES string of the molecule is CCCCOC(=O)C(C#N)=Cc1nc(-c2ccccc2)cs1. The molecule has 0 saturated carbocycles. The summed E-state index contributed by atoms with van der Waals surface area (Å²) in [6, 6.07) is 11.6. The van der Waals surface area contributed by atoms with Gasteiger partial charge in [0.2, 0.25) is 0 Å². The van der Waals surface area contributed by atoms with Crippen molar-refractivity contribution >= 4 is 23.4 Å². The quantitative estimate of drug-likeness (QED) is 0.349. The van der Waals surface area contributed by atoms with Crippen LogP contribution in [0.2, 0.25) is 0 Å². The molecule has 2 rings (SSSR count). The zero-order chi connectivity index (χ0) is 15.8. The maximum Gasteiger partial charge on any atom is 0.348 e. The van der Waals surface area contributed by atoms with Crippen molar-refractivity contribution in [3.63, 3.8) is 0 Å². The van der Waals surface area contributed by atoms with Crippen molar-refractivity contribution in [2.24, 2.45) is 0 Å². The second kappa shape index (κ2) is 8.11. The van der Waals surface area contributed by atoms with Crippen molar-refractivity contribution in [2.75, 3.05) is 6.61 Å². The number of aromatic nitrogens is 1. The maximum atomic E-state index is 11.8. The number of unbranched alkanes of at least 4 members (excludes halogenated alkanes) is 1. The monoisotopic (exact) mass is 312 g/mol. The summed E-state index contributed by atoms with van der Waals surface area (Å²) in [6.07, 6.45) is 3.21. The first kappa shape index (κ1) is 15.9. The van der Waals surface area contributed by atoms with Gasteiger partial charge in [0, 0.05) is 10.9 Å². The fourth-order valence-electron chi connectivity index (χ4n) is 1.74. The number of thiazole rings is 1. The van der Waals surface area contributed by atoms with Crippen molar-refractivity contribution in [3.8, 4) is 17.3 Å². The lowest BCUT2D eigenvalue weighted by Gasteiger charge is -2.01. The van der Waals surface area contributed by atoms with E-state index in [0.717, 1.165) is 24.1 Å². The lowest BCUT2D eigenvalue weighted by molar-refractivity contribution is -0.138. The van der Waals surface area contributed by atoms with Crippen molar-refractivity contribution in [1.82, 2.24) is 4.98 Å². The number of nitrogens with zero attached hydrogens (tertiary/aromatic N) is 2. The zero-order valence-corrected chi connectivity index (χ0v) is 13.1. The second-order valence-electron chi connectivity index (χ2n) is 4.60. The van der Waals surface area contributed by atoms with Crippen molar-refractivity contribution < 1.29 is 9.53 Å². The lowest BCUT2D eigenvalue weighted by Crippen LogP contribution is -2.07. The topological polar surface area (TPSA) is 63.0 Å². The molecule has 0 N–H and O–H groups in total. The molecule has 0 aliphatic carbocycles. The predicted molar refractivity (Wildman–Crippen MR) is 87.0 cm³/mol. The third-order valence-electron chi connectivity index (χ3n) is 2.93. The van der Waals surface area contributed by atoms with Gasteiger partial charge in [-0.2, -0.15) is 5.26 Å². The number of benzene rings is 1. The Morgan fingerprint density at radius 1 is 1.41 bits per heavy atom. The normalized spacial score (nSPS) is 11.0. The Hall–Kier alpha value is -2.45. The third-order valence-corrected chi connectivity index (χ3v) is 3.72. The van der Waals surface area contributed by atoms with Crippen molar-refractivity contribution in [3.05, 3.63) is 46.3 Å². The number of carbonyl (C=O) groups excluding carboxylic acids is 1. The molecule has 0 radical (unpaired) electrons. The molecule has 2 aromatic rings. The van der Waals surface area contributed by atoms with E-state index >= 15 is 0 Å². The molecule has 1 aromatic carbocycles. The van der Waals surface area contributed by atoms with E-state index in [4.69, 9.17) is 10.00 Å². The molecule has 0 unspecified atom stereocenters. The van der Waals surface area contributed by atoms with Crippen LogP contribution in [0, 0.1) is 11.3 Å². The molecule has 22 heavy (non-hydrogen) atoms. The van der Waals surface area contributed by atoms with Gasteiger partial charge in [-0.05, 0) is 12.5 Å². The number of hydrogen-bond acceptors (Lipinski definition) is 5. The molecule has 1 aromatic heterocycles. The van der Waals surface area contributed by atoms with Gasteiger partial charge in [0.1, 0.15) is 16.6 Å². The molecule has 112 valence electrons. The van der Waals surface area contributed by atoms with Crippen LogP contribution in [0.1, 0.15) is 24.8 Å². The minimum atomic E-state index is -0.590. The van der Waals surface area contributed by atoms with Crippen LogP contribution >= 0.6 is 11.3 Å². The van der Waals surface area contributed by atoms with Gasteiger partial charge in [0.05, 0.1) is 12.3 Å². The molecule has 0 fully saturated rings. The molecular formula is C17H16N2O2S. The Morgan fingerprint density at radius 3 is 2.86 bits per heavy atom. The van der Waals surface area contributed by atoms with Gasteiger partial charge in [-0.1, -0.05) is 43.7 Å². The minimum absolute atomic E-state index is 0.0231. The van der Waals surface area contributed by atoms with Crippen LogP contribution in [-0.2, 0) is 9.53 Å². The Labute approximate surface area is 133 Å². The highest BCUT2D eigenvalue weighted by Gasteiger charge is 2.12. The summed E-state index contributed by atoms with van der Waals surface area (Å²) in [5, 5.41) is 11.6. The van der Waals surface area contributed by atoms with Gasteiger partial charge in [0.25, 0.3) is 0 Å². The van der Waals surface area contributed by atoms with Crippen molar-refractivity contribution in [2.45, 2.75) is 19.8 Å². The van der Waals surface area contributed by atoms with Crippen LogP contribution in [0.4, 0.5) is 0 Å². The van der Waals surface area contributed by atoms with Gasteiger partial charge in [-0.25, -0.2) is 9.78 Å². The Morgan fingerprint density at radius 2 is 2.18 bits per heavy atom. The van der Waals surface area contributed by atoms with Crippen LogP contribution in [-0.4, -0.2) is 17.6 Å². The molecule has 0 atom stereocenters. The number of carbonyl (C=O) groups is 1. The van der Waals surface area contributed by atoms with Crippen LogP contribution in [0.5, 0.6) is 0 Å². The standard InChI is InChI=1S/C17H16N2O2S/c1-2-3-9-21-17(20)14(11-18)10-16-19-15(12-22-16)13-7-5-4-6-8-13/h4-8,10,12H,2-3,9H2,1H3. The van der Waals surface area contributed by atoms with E-state index in [9.17, 15) is 4.79 Å². The molecule has 4 nitrogen and oxygen atoms in total. The summed E-state index contributed by atoms with van der Waals surface area (Å²) in [7, 11) is 0. The summed E-state index contributed by atoms with van der Waals surface area (Å²) >= 11 is 1.39. The fraction of sp³-hybridized carbons (Fsp3) is 0.235. The largest absolute Gasteiger partial charge is 0.462 e. The average molecular weight is 312 g/mol. The summed E-state index contributed by atoms with van der Waals surface area (Å²) in [5.74, 6) is -0.590. The predicted octanol–water partition coefficient (Wildman–Crippen LogP) is 4.06. The molecule has 0 aliphatic heterocycles. The van der Waals surface area contributed by atoms with Gasteiger partial charge in [-0.3, -0.25) is 0 Å². The van der Waals surface area contributed by atoms with Crippen LogP contribution < -0.4 is 0 Å². The highest BCUT2D eigenvalue weighted by molar-refractivity contribution is 7.10. The van der Waals surface area contributed by atoms with Gasteiger partial charge < -0.3 is 4.74 Å². The van der Waals surface area contributed by atoms with E-state index < -0.39 is 5.97 Å². The van der Waals surface area contributed by atoms with Crippen LogP contribution in [0.25, 0.3) is 17.3 Å². The smallest absolute Gasteiger partial charge is 0.348 e. The molecule has 0 saturated heterocycles. The number of hydrogen-bond donors (Lipinski definition) is 0. The van der Waals surface area contributed by atoms with Crippen LogP contribution in [0.15, 0.2) is 41.3 Å². The Balaban J connectivity index is 2.12. The van der Waals surface area contributed by atoms with E-state index in [1.54, 1.807) is 0 Å². The second-order valence-corrected chi connectivity index (χ2v) is 5.49. The summed E-state index contributed by atoms with van der Waals surface area (Å²) < 4.78 is 5.05. The van der Waals surface area contributed by atoms with E-state index in [0.29, 0.717) is 11.6 Å². The molecule has 0 bridgehead atoms. The van der Waals surface area contributed by atoms with Crippen molar-refractivity contribution in [1.29, 1.82) is 5.26 Å². The first-order valence-corrected chi connectivity index (χ1v) is 7.92. The molecule has 0 amide bonds. The highest BCUT2D eigenvalue weighted by atomic mass is 32.1. The molecule has 0 aliphatic rings. The number of rotatable bonds is 6. The maximum absolute atomic E-state index is 11.8. The Bertz CT molecular complexity index is 699. The number of esters is 1. The highest BCUT2D eigenvalue weighted by Crippen LogP contribution is 2.23. The first-order valence-electron chi connectivity index (χ1n) is 7.04. The van der Waals surface area contributed by atoms with Crippen LogP contribution in [0.3, 0.4) is 0 Å².